The highest BCUT2D eigenvalue weighted by Gasteiger charge is 2.22. The van der Waals surface area contributed by atoms with Gasteiger partial charge in [0.25, 0.3) is 5.91 Å². The molecule has 0 atom stereocenters. The second-order valence-corrected chi connectivity index (χ2v) is 6.97. The number of nitrogens with one attached hydrogen (secondary N) is 2. The van der Waals surface area contributed by atoms with Crippen molar-refractivity contribution in [3.8, 4) is 0 Å². The number of amides is 2. The molecule has 6 heteroatoms. The van der Waals surface area contributed by atoms with Gasteiger partial charge in [0.2, 0.25) is 5.91 Å². The normalized spacial score (nSPS) is 15.4. The van der Waals surface area contributed by atoms with Gasteiger partial charge in [0, 0.05) is 18.4 Å². The van der Waals surface area contributed by atoms with Crippen LogP contribution in [0.25, 0.3) is 0 Å². The van der Waals surface area contributed by atoms with Gasteiger partial charge in [-0.3, -0.25) is 9.59 Å². The fourth-order valence-corrected chi connectivity index (χ4v) is 3.48. The Hall–Kier alpha value is -1.53. The quantitative estimate of drug-likeness (QED) is 0.546. The van der Waals surface area contributed by atoms with Gasteiger partial charge in [0.1, 0.15) is 0 Å². The van der Waals surface area contributed by atoms with E-state index in [1.165, 1.54) is 9.80 Å². The number of carbonyl (C=O) groups is 2. The Balaban J connectivity index is 1.53. The van der Waals surface area contributed by atoms with Gasteiger partial charge in [-0.1, -0.05) is 18.2 Å². The first kappa shape index (κ1) is 17.8. The summed E-state index contributed by atoms with van der Waals surface area (Å²) in [6.07, 6.45) is 0.971. The lowest BCUT2D eigenvalue weighted by molar-refractivity contribution is -0.896. The number of thioether (sulfide) groups is 1. The third-order valence-electron chi connectivity index (χ3n) is 3.98. The van der Waals surface area contributed by atoms with Crippen LogP contribution in [0.5, 0.6) is 0 Å². The van der Waals surface area contributed by atoms with E-state index in [1.807, 2.05) is 34.9 Å². The molecule has 126 valence electrons. The van der Waals surface area contributed by atoms with Gasteiger partial charge in [-0.25, -0.2) is 0 Å². The Bertz CT molecular complexity index is 502. The minimum atomic E-state index is 0.112. The third kappa shape index (κ3) is 6.62. The predicted octanol–water partition coefficient (Wildman–Crippen LogP) is 0.0320. The van der Waals surface area contributed by atoms with Crippen molar-refractivity contribution in [1.82, 2.24) is 10.2 Å². The SMILES string of the molecule is CC(=O)N1CC[NH+](CC(=O)NCCCSc2ccccc2)CC1. The second-order valence-electron chi connectivity index (χ2n) is 5.80. The molecular formula is C17H26N3O2S+. The van der Waals surface area contributed by atoms with Crippen molar-refractivity contribution in [3.63, 3.8) is 0 Å². The molecule has 0 spiro atoms. The zero-order valence-corrected chi connectivity index (χ0v) is 14.5. The Morgan fingerprint density at radius 2 is 1.91 bits per heavy atom. The van der Waals surface area contributed by atoms with E-state index < -0.39 is 0 Å². The molecule has 5 nitrogen and oxygen atoms in total. The van der Waals surface area contributed by atoms with Crippen molar-refractivity contribution in [3.05, 3.63) is 30.3 Å². The standard InChI is InChI=1S/C17H25N3O2S/c1-15(21)20-11-9-19(10-12-20)14-17(22)18-8-5-13-23-16-6-3-2-4-7-16/h2-4,6-7H,5,8-14H2,1H3,(H,18,22)/p+1. The van der Waals surface area contributed by atoms with Crippen LogP contribution in [0.15, 0.2) is 35.2 Å². The van der Waals surface area contributed by atoms with Gasteiger partial charge in [-0.05, 0) is 24.3 Å². The fourth-order valence-electron chi connectivity index (χ4n) is 2.61. The number of quaternary nitrogens is 1. The zero-order chi connectivity index (χ0) is 16.5. The average molecular weight is 336 g/mol. The summed E-state index contributed by atoms with van der Waals surface area (Å²) in [7, 11) is 0. The summed E-state index contributed by atoms with van der Waals surface area (Å²) < 4.78 is 0. The molecule has 23 heavy (non-hydrogen) atoms. The monoisotopic (exact) mass is 336 g/mol. The molecule has 1 heterocycles. The Morgan fingerprint density at radius 1 is 1.22 bits per heavy atom. The zero-order valence-electron chi connectivity index (χ0n) is 13.7. The molecule has 0 unspecified atom stereocenters. The van der Waals surface area contributed by atoms with Gasteiger partial charge in [0.05, 0.1) is 26.2 Å². The van der Waals surface area contributed by atoms with E-state index in [4.69, 9.17) is 0 Å². The van der Waals surface area contributed by atoms with Crippen LogP contribution in [-0.4, -0.2) is 61.7 Å². The molecule has 2 amide bonds. The molecule has 2 N–H and O–H groups in total. The lowest BCUT2D eigenvalue weighted by atomic mass is 10.3. The number of piperazine rings is 1. The van der Waals surface area contributed by atoms with E-state index in [1.54, 1.807) is 6.92 Å². The highest BCUT2D eigenvalue weighted by Crippen LogP contribution is 2.17. The minimum Gasteiger partial charge on any atom is -0.351 e. The van der Waals surface area contributed by atoms with Crippen LogP contribution in [0.1, 0.15) is 13.3 Å². The molecule has 0 aromatic heterocycles. The summed E-state index contributed by atoms with van der Waals surface area (Å²) in [5.41, 5.74) is 0. The molecule has 1 aromatic rings. The molecule has 1 fully saturated rings. The molecule has 0 bridgehead atoms. The topological polar surface area (TPSA) is 53.9 Å². The van der Waals surface area contributed by atoms with E-state index >= 15 is 0 Å². The van der Waals surface area contributed by atoms with E-state index in [9.17, 15) is 9.59 Å². The van der Waals surface area contributed by atoms with Crippen LogP contribution < -0.4 is 10.2 Å². The van der Waals surface area contributed by atoms with Crippen molar-refractivity contribution in [2.45, 2.75) is 18.2 Å². The van der Waals surface area contributed by atoms with Crippen LogP contribution in [-0.2, 0) is 9.59 Å². The van der Waals surface area contributed by atoms with Crippen LogP contribution in [0.3, 0.4) is 0 Å². The van der Waals surface area contributed by atoms with Crippen LogP contribution in [0, 0.1) is 0 Å². The van der Waals surface area contributed by atoms with Gasteiger partial charge in [0.15, 0.2) is 6.54 Å². The maximum Gasteiger partial charge on any atom is 0.275 e. The summed E-state index contributed by atoms with van der Waals surface area (Å²) in [6.45, 7) is 6.07. The average Bonchev–Trinajstić information content (AvgIpc) is 2.56. The molecular weight excluding hydrogens is 310 g/mol. The number of benzene rings is 1. The summed E-state index contributed by atoms with van der Waals surface area (Å²) >= 11 is 1.82. The second kappa shape index (κ2) is 9.57. The summed E-state index contributed by atoms with van der Waals surface area (Å²) in [4.78, 5) is 27.6. The van der Waals surface area contributed by atoms with E-state index in [0.29, 0.717) is 6.54 Å². The fraction of sp³-hybridized carbons (Fsp3) is 0.529. The molecule has 0 aliphatic carbocycles. The molecule has 0 radical (unpaired) electrons. The largest absolute Gasteiger partial charge is 0.351 e. The predicted molar refractivity (Wildman–Crippen MR) is 92.6 cm³/mol. The van der Waals surface area contributed by atoms with Crippen molar-refractivity contribution >= 4 is 23.6 Å². The number of rotatable bonds is 7. The smallest absolute Gasteiger partial charge is 0.275 e. The number of nitrogens with zero attached hydrogens (tertiary/aromatic N) is 1. The molecule has 1 saturated heterocycles. The third-order valence-corrected chi connectivity index (χ3v) is 5.08. The molecule has 0 saturated carbocycles. The van der Waals surface area contributed by atoms with Crippen molar-refractivity contribution in [2.24, 2.45) is 0 Å². The van der Waals surface area contributed by atoms with Crippen molar-refractivity contribution in [2.75, 3.05) is 45.0 Å². The number of hydrogen-bond acceptors (Lipinski definition) is 3. The lowest BCUT2D eigenvalue weighted by Gasteiger charge is -2.31. The summed E-state index contributed by atoms with van der Waals surface area (Å²) in [5, 5.41) is 3.00. The summed E-state index contributed by atoms with van der Waals surface area (Å²) in [5.74, 6) is 1.25. The van der Waals surface area contributed by atoms with Crippen LogP contribution >= 0.6 is 11.8 Å². The summed E-state index contributed by atoms with van der Waals surface area (Å²) in [6, 6.07) is 10.3. The van der Waals surface area contributed by atoms with E-state index in [-0.39, 0.29) is 11.8 Å². The van der Waals surface area contributed by atoms with Crippen molar-refractivity contribution in [1.29, 1.82) is 0 Å². The van der Waals surface area contributed by atoms with Gasteiger partial charge < -0.3 is 15.1 Å². The first-order chi connectivity index (χ1) is 11.1. The Labute approximate surface area is 142 Å². The Morgan fingerprint density at radius 3 is 2.57 bits per heavy atom. The molecule has 1 aromatic carbocycles. The Kier molecular flexibility index (Phi) is 7.42. The molecule has 1 aliphatic rings. The molecule has 1 aliphatic heterocycles. The lowest BCUT2D eigenvalue weighted by Crippen LogP contribution is -3.15. The minimum absolute atomic E-state index is 0.112. The highest BCUT2D eigenvalue weighted by atomic mass is 32.2. The molecule has 2 rings (SSSR count). The van der Waals surface area contributed by atoms with E-state index in [0.717, 1.165) is 44.9 Å². The van der Waals surface area contributed by atoms with E-state index in [2.05, 4.69) is 17.4 Å². The van der Waals surface area contributed by atoms with Gasteiger partial charge >= 0.3 is 0 Å². The van der Waals surface area contributed by atoms with Crippen LogP contribution in [0.4, 0.5) is 0 Å². The van der Waals surface area contributed by atoms with Gasteiger partial charge in [-0.15, -0.1) is 11.8 Å². The maximum atomic E-state index is 11.9. The van der Waals surface area contributed by atoms with Crippen LogP contribution in [0.2, 0.25) is 0 Å². The number of carbonyl (C=O) groups excluding carboxylic acids is 2. The highest BCUT2D eigenvalue weighted by molar-refractivity contribution is 7.99. The maximum absolute atomic E-state index is 11.9. The first-order valence-corrected chi connectivity index (χ1v) is 9.17. The van der Waals surface area contributed by atoms with Crippen molar-refractivity contribution < 1.29 is 14.5 Å². The first-order valence-electron chi connectivity index (χ1n) is 8.19. The van der Waals surface area contributed by atoms with Gasteiger partial charge in [-0.2, -0.15) is 0 Å². The number of hydrogen-bond donors (Lipinski definition) is 2.